The first kappa shape index (κ1) is 17.0. The monoisotopic (exact) mass is 368 g/mol. The molecule has 4 rings (SSSR count). The summed E-state index contributed by atoms with van der Waals surface area (Å²) < 4.78 is 28.6. The Kier molecular flexibility index (Phi) is 4.31. The normalized spacial score (nSPS) is 28.2. The molecule has 0 radical (unpaired) electrons. The Morgan fingerprint density at radius 1 is 1.20 bits per heavy atom. The maximum absolute atomic E-state index is 12.5. The average molecular weight is 368 g/mol. The van der Waals surface area contributed by atoms with Crippen molar-refractivity contribution in [3.05, 3.63) is 11.7 Å². The molecule has 1 saturated carbocycles. The van der Waals surface area contributed by atoms with E-state index in [0.29, 0.717) is 31.3 Å². The number of carbonyl (C=O) groups is 1. The van der Waals surface area contributed by atoms with Crippen LogP contribution in [-0.2, 0) is 14.6 Å². The molecule has 3 aliphatic rings. The number of nitrogens with zero attached hydrogens (tertiary/aromatic N) is 4. The second-order valence-electron chi connectivity index (χ2n) is 7.40. The molecule has 1 aromatic heterocycles. The van der Waals surface area contributed by atoms with Gasteiger partial charge in [0.2, 0.25) is 11.8 Å². The lowest BCUT2D eigenvalue weighted by atomic mass is 10.1. The van der Waals surface area contributed by atoms with Crippen LogP contribution in [-0.4, -0.2) is 72.0 Å². The highest BCUT2D eigenvalue weighted by atomic mass is 32.2. The third kappa shape index (κ3) is 3.57. The molecule has 3 heterocycles. The minimum Gasteiger partial charge on any atom is -0.340 e. The highest BCUT2D eigenvalue weighted by molar-refractivity contribution is 7.91. The molecule has 0 N–H and O–H groups in total. The lowest BCUT2D eigenvalue weighted by molar-refractivity contribution is -0.136. The molecule has 0 spiro atoms. The Morgan fingerprint density at radius 2 is 1.92 bits per heavy atom. The van der Waals surface area contributed by atoms with E-state index >= 15 is 0 Å². The van der Waals surface area contributed by atoms with Gasteiger partial charge in [0.1, 0.15) is 0 Å². The summed E-state index contributed by atoms with van der Waals surface area (Å²) in [6.45, 7) is 4.74. The molecular formula is C16H24N4O4S. The van der Waals surface area contributed by atoms with Crippen molar-refractivity contribution in [3.63, 3.8) is 0 Å². The molecule has 2 atom stereocenters. The van der Waals surface area contributed by atoms with Gasteiger partial charge in [-0.15, -0.1) is 0 Å². The topological polar surface area (TPSA) is 96.6 Å². The van der Waals surface area contributed by atoms with Gasteiger partial charge in [-0.25, -0.2) is 8.42 Å². The number of carbonyl (C=O) groups excluding carboxylic acids is 1. The SMILES string of the molecule is C[C@H](c1nc(C2CC2)no1)N1CCN(C(=O)[C@H]2CCS(=O)(=O)C2)CC1. The second-order valence-corrected chi connectivity index (χ2v) is 9.63. The van der Waals surface area contributed by atoms with Gasteiger partial charge in [-0.1, -0.05) is 5.16 Å². The lowest BCUT2D eigenvalue weighted by Crippen LogP contribution is -2.51. The number of aromatic nitrogens is 2. The van der Waals surface area contributed by atoms with Crippen molar-refractivity contribution in [1.82, 2.24) is 19.9 Å². The van der Waals surface area contributed by atoms with Crippen LogP contribution in [0.4, 0.5) is 0 Å². The largest absolute Gasteiger partial charge is 0.340 e. The van der Waals surface area contributed by atoms with E-state index in [0.717, 1.165) is 31.8 Å². The molecule has 3 fully saturated rings. The van der Waals surface area contributed by atoms with Crippen LogP contribution in [0.2, 0.25) is 0 Å². The van der Waals surface area contributed by atoms with Crippen molar-refractivity contribution >= 4 is 15.7 Å². The zero-order valence-electron chi connectivity index (χ0n) is 14.4. The van der Waals surface area contributed by atoms with Crippen molar-refractivity contribution in [2.75, 3.05) is 37.7 Å². The third-order valence-corrected chi connectivity index (χ3v) is 7.28. The standard InChI is InChI=1S/C16H24N4O4S/c1-11(15-17-14(18-24-15)12-2-3-12)19-5-7-20(8-6-19)16(21)13-4-9-25(22,23)10-13/h11-13H,2-10H2,1H3/t11-,13+/m1/s1. The maximum Gasteiger partial charge on any atom is 0.243 e. The van der Waals surface area contributed by atoms with Crippen molar-refractivity contribution in [3.8, 4) is 0 Å². The molecule has 0 unspecified atom stereocenters. The fraction of sp³-hybridized carbons (Fsp3) is 0.812. The quantitative estimate of drug-likeness (QED) is 0.767. The first-order valence-electron chi connectivity index (χ1n) is 9.00. The number of hydrogen-bond acceptors (Lipinski definition) is 7. The van der Waals surface area contributed by atoms with Crippen LogP contribution in [0.1, 0.15) is 49.9 Å². The summed E-state index contributed by atoms with van der Waals surface area (Å²) in [7, 11) is -3.02. The number of sulfone groups is 1. The summed E-state index contributed by atoms with van der Waals surface area (Å²) in [5.41, 5.74) is 0. The van der Waals surface area contributed by atoms with Gasteiger partial charge in [0.25, 0.3) is 0 Å². The summed E-state index contributed by atoms with van der Waals surface area (Å²) in [6, 6.07) is 0.0316. The van der Waals surface area contributed by atoms with E-state index in [4.69, 9.17) is 4.52 Å². The van der Waals surface area contributed by atoms with Crippen LogP contribution in [0.5, 0.6) is 0 Å². The number of amides is 1. The van der Waals surface area contributed by atoms with Gasteiger partial charge >= 0.3 is 0 Å². The van der Waals surface area contributed by atoms with Gasteiger partial charge in [-0.05, 0) is 26.2 Å². The Labute approximate surface area is 147 Å². The minimum absolute atomic E-state index is 0.00831. The second kappa shape index (κ2) is 6.35. The highest BCUT2D eigenvalue weighted by Crippen LogP contribution is 2.38. The van der Waals surface area contributed by atoms with Crippen molar-refractivity contribution in [2.45, 2.75) is 38.1 Å². The van der Waals surface area contributed by atoms with Gasteiger partial charge in [0.05, 0.1) is 23.5 Å². The van der Waals surface area contributed by atoms with E-state index in [9.17, 15) is 13.2 Å². The Bertz CT molecular complexity index is 750. The van der Waals surface area contributed by atoms with Gasteiger partial charge in [0, 0.05) is 32.1 Å². The van der Waals surface area contributed by atoms with Crippen LogP contribution in [0.15, 0.2) is 4.52 Å². The summed E-state index contributed by atoms with van der Waals surface area (Å²) in [5.74, 6) is 1.71. The molecule has 1 aromatic rings. The van der Waals surface area contributed by atoms with Crippen molar-refractivity contribution in [2.24, 2.45) is 5.92 Å². The van der Waals surface area contributed by atoms with Crippen molar-refractivity contribution < 1.29 is 17.7 Å². The van der Waals surface area contributed by atoms with Gasteiger partial charge in [-0.3, -0.25) is 9.69 Å². The summed E-state index contributed by atoms with van der Waals surface area (Å²) in [6.07, 6.45) is 2.75. The highest BCUT2D eigenvalue weighted by Gasteiger charge is 2.37. The van der Waals surface area contributed by atoms with Crippen LogP contribution in [0, 0.1) is 5.92 Å². The molecule has 9 heteroatoms. The maximum atomic E-state index is 12.5. The predicted octanol–water partition coefficient (Wildman–Crippen LogP) is 0.587. The summed E-state index contributed by atoms with van der Waals surface area (Å²) in [4.78, 5) is 21.1. The third-order valence-electron chi connectivity index (χ3n) is 5.51. The number of piperazine rings is 1. The van der Waals surface area contributed by atoms with E-state index in [1.165, 1.54) is 0 Å². The van der Waals surface area contributed by atoms with Gasteiger partial charge in [-0.2, -0.15) is 4.98 Å². The molecule has 1 aliphatic carbocycles. The predicted molar refractivity (Wildman–Crippen MR) is 89.6 cm³/mol. The first-order valence-corrected chi connectivity index (χ1v) is 10.8. The van der Waals surface area contributed by atoms with Crippen molar-refractivity contribution in [1.29, 1.82) is 0 Å². The van der Waals surface area contributed by atoms with E-state index in [1.807, 2.05) is 6.92 Å². The average Bonchev–Trinajstić information content (AvgIpc) is 3.22. The molecule has 25 heavy (non-hydrogen) atoms. The molecule has 0 bridgehead atoms. The van der Waals surface area contributed by atoms with E-state index < -0.39 is 9.84 Å². The fourth-order valence-electron chi connectivity index (χ4n) is 3.66. The summed E-state index contributed by atoms with van der Waals surface area (Å²) in [5, 5.41) is 4.07. The van der Waals surface area contributed by atoms with E-state index in [1.54, 1.807) is 4.90 Å². The van der Waals surface area contributed by atoms with Crippen LogP contribution >= 0.6 is 0 Å². The molecular weight excluding hydrogens is 344 g/mol. The Balaban J connectivity index is 1.32. The summed E-state index contributed by atoms with van der Waals surface area (Å²) >= 11 is 0. The molecule has 138 valence electrons. The fourth-order valence-corrected chi connectivity index (χ4v) is 5.39. The smallest absolute Gasteiger partial charge is 0.243 e. The van der Waals surface area contributed by atoms with Gasteiger partial charge < -0.3 is 9.42 Å². The van der Waals surface area contributed by atoms with Crippen LogP contribution in [0.3, 0.4) is 0 Å². The molecule has 0 aromatic carbocycles. The molecule has 2 saturated heterocycles. The molecule has 2 aliphatic heterocycles. The molecule has 8 nitrogen and oxygen atoms in total. The molecule has 1 amide bonds. The van der Waals surface area contributed by atoms with Crippen LogP contribution in [0.25, 0.3) is 0 Å². The first-order chi connectivity index (χ1) is 11.9. The van der Waals surface area contributed by atoms with E-state index in [2.05, 4.69) is 15.0 Å². The Morgan fingerprint density at radius 3 is 2.52 bits per heavy atom. The zero-order valence-corrected chi connectivity index (χ0v) is 15.2. The minimum atomic E-state index is -3.02. The lowest BCUT2D eigenvalue weighted by Gasteiger charge is -2.37. The Hall–Kier alpha value is -1.48. The van der Waals surface area contributed by atoms with E-state index in [-0.39, 0.29) is 29.4 Å². The van der Waals surface area contributed by atoms with Gasteiger partial charge in [0.15, 0.2) is 15.7 Å². The van der Waals surface area contributed by atoms with Crippen LogP contribution < -0.4 is 0 Å². The number of rotatable bonds is 4. The number of hydrogen-bond donors (Lipinski definition) is 0. The zero-order chi connectivity index (χ0) is 17.6.